The van der Waals surface area contributed by atoms with Crippen molar-refractivity contribution in [3.8, 4) is 0 Å². The van der Waals surface area contributed by atoms with E-state index in [0.29, 0.717) is 15.6 Å². The van der Waals surface area contributed by atoms with Crippen molar-refractivity contribution in [2.45, 2.75) is 37.8 Å². The number of alkyl halides is 3. The van der Waals surface area contributed by atoms with Crippen LogP contribution >= 0.6 is 23.4 Å². The molecule has 1 unspecified atom stereocenters. The van der Waals surface area contributed by atoms with Crippen molar-refractivity contribution < 1.29 is 23.1 Å². The van der Waals surface area contributed by atoms with Gasteiger partial charge in [-0.05, 0) is 66.1 Å². The number of halogens is 4. The highest BCUT2D eigenvalue weighted by Gasteiger charge is 2.34. The first-order chi connectivity index (χ1) is 17.6. The average Bonchev–Trinajstić information content (AvgIpc) is 3.58. The van der Waals surface area contributed by atoms with E-state index >= 15 is 0 Å². The minimum atomic E-state index is -4.53. The molecule has 1 fully saturated rings. The Kier molecular flexibility index (Phi) is 7.06. The molecular weight excluding hydrogens is 527 g/mol. The number of aliphatic imine (C=N–C) groups is 1. The highest BCUT2D eigenvalue weighted by Crippen LogP contribution is 2.35. The van der Waals surface area contributed by atoms with E-state index in [-0.39, 0.29) is 41.9 Å². The quantitative estimate of drug-likeness (QED) is 0.448. The number of amidine groups is 1. The molecule has 2 aliphatic heterocycles. The lowest BCUT2D eigenvalue weighted by Crippen LogP contribution is -2.44. The molecule has 7 nitrogen and oxygen atoms in total. The number of nitrogens with zero attached hydrogens (tertiary/aromatic N) is 4. The number of aliphatic hydroxyl groups is 1. The number of carbonyl (C=O) groups is 1. The lowest BCUT2D eigenvalue weighted by atomic mass is 10.1. The lowest BCUT2D eigenvalue weighted by Gasteiger charge is -2.26. The van der Waals surface area contributed by atoms with Crippen LogP contribution in [-0.4, -0.2) is 56.7 Å². The van der Waals surface area contributed by atoms with Crippen LogP contribution in [0.3, 0.4) is 0 Å². The first-order valence-corrected chi connectivity index (χ1v) is 12.8. The van der Waals surface area contributed by atoms with Gasteiger partial charge in [-0.15, -0.1) is 0 Å². The van der Waals surface area contributed by atoms with Crippen molar-refractivity contribution in [2.24, 2.45) is 4.99 Å². The molecule has 1 aromatic heterocycles. The second kappa shape index (κ2) is 10.1. The Bertz CT molecular complexity index is 1420. The molecular formula is C25H23ClF3N5O2S. The average molecular weight is 550 g/mol. The van der Waals surface area contributed by atoms with E-state index in [0.717, 1.165) is 29.9 Å². The van der Waals surface area contributed by atoms with Crippen LogP contribution in [0.25, 0.3) is 17.0 Å². The van der Waals surface area contributed by atoms with Gasteiger partial charge < -0.3 is 10.0 Å². The van der Waals surface area contributed by atoms with Crippen molar-refractivity contribution in [3.63, 3.8) is 0 Å². The third kappa shape index (κ3) is 5.40. The predicted molar refractivity (Wildman–Crippen MR) is 138 cm³/mol. The monoisotopic (exact) mass is 549 g/mol. The number of nitrogens with one attached hydrogen (secondary N) is 1. The van der Waals surface area contributed by atoms with Gasteiger partial charge in [0.1, 0.15) is 0 Å². The number of carbonyl (C=O) groups excluding carboxylic acids is 1. The van der Waals surface area contributed by atoms with Crippen molar-refractivity contribution in [1.82, 2.24) is 20.0 Å². The molecule has 2 N–H and O–H groups in total. The summed E-state index contributed by atoms with van der Waals surface area (Å²) in [6.45, 7) is -0.00352. The zero-order valence-electron chi connectivity index (χ0n) is 19.7. The van der Waals surface area contributed by atoms with Gasteiger partial charge in [0.2, 0.25) is 0 Å². The minimum Gasteiger partial charge on any atom is -0.395 e. The number of hydrogen-bond acceptors (Lipinski definition) is 6. The maximum atomic E-state index is 13.5. The van der Waals surface area contributed by atoms with Gasteiger partial charge in [0.05, 0.1) is 41.5 Å². The van der Waals surface area contributed by atoms with E-state index < -0.39 is 11.7 Å². The van der Waals surface area contributed by atoms with Gasteiger partial charge in [0.15, 0.2) is 5.17 Å². The first kappa shape index (κ1) is 25.8. The summed E-state index contributed by atoms with van der Waals surface area (Å²) in [7, 11) is 1.87. The van der Waals surface area contributed by atoms with Crippen LogP contribution < -0.4 is 5.32 Å². The van der Waals surface area contributed by atoms with Crippen molar-refractivity contribution in [3.05, 3.63) is 69.2 Å². The Morgan fingerprint density at radius 3 is 2.81 bits per heavy atom. The van der Waals surface area contributed by atoms with Crippen LogP contribution in [0.15, 0.2) is 52.5 Å². The molecule has 0 bridgehead atoms. The highest BCUT2D eigenvalue weighted by molar-refractivity contribution is 8.18. The molecule has 2 atom stereocenters. The number of thioether (sulfide) groups is 1. The highest BCUT2D eigenvalue weighted by atomic mass is 35.5. The van der Waals surface area contributed by atoms with Crippen molar-refractivity contribution in [1.29, 1.82) is 0 Å². The van der Waals surface area contributed by atoms with E-state index in [4.69, 9.17) is 11.6 Å². The molecule has 0 saturated carbocycles. The molecule has 1 saturated heterocycles. The number of rotatable bonds is 5. The van der Waals surface area contributed by atoms with Crippen molar-refractivity contribution >= 4 is 51.4 Å². The number of aromatic nitrogens is 2. The normalized spacial score (nSPS) is 21.3. The molecule has 1 amide bonds. The standard InChI is InChI=1S/C25H23ClF3N5O2S/c1-33(22-7-5-18(13-35)31-22)24-32-23(36)21(37-24)9-14-2-6-20-16(8-14)11-30-34(20)12-15-3-4-17(26)10-19(15)25(27,28)29/h2-4,6,8-11,18,22,31,35H,5,7,12-13H2,1H3/b21-9-/t18-,22?/m0/s1. The Morgan fingerprint density at radius 2 is 2.08 bits per heavy atom. The predicted octanol–water partition coefficient (Wildman–Crippen LogP) is 4.73. The number of amides is 1. The molecule has 194 valence electrons. The summed E-state index contributed by atoms with van der Waals surface area (Å²) in [6.07, 6.45) is 0.490. The molecule has 2 aromatic carbocycles. The Labute approximate surface area is 220 Å². The smallest absolute Gasteiger partial charge is 0.395 e. The Balaban J connectivity index is 1.33. The van der Waals surface area contributed by atoms with Gasteiger partial charge in [-0.2, -0.15) is 23.3 Å². The van der Waals surface area contributed by atoms with E-state index in [9.17, 15) is 23.1 Å². The SMILES string of the molecule is CN(C1=NC(=O)/C(=C/c2ccc3c(cnn3Cc3ccc(Cl)cc3C(F)(F)F)c2)S1)C1CC[C@@H](CO)N1. The van der Waals surface area contributed by atoms with E-state index in [2.05, 4.69) is 15.4 Å². The van der Waals surface area contributed by atoms with E-state index in [1.165, 1.54) is 28.6 Å². The van der Waals surface area contributed by atoms with Crippen molar-refractivity contribution in [2.75, 3.05) is 13.7 Å². The van der Waals surface area contributed by atoms with Gasteiger partial charge in [-0.1, -0.05) is 23.7 Å². The summed E-state index contributed by atoms with van der Waals surface area (Å²) in [6, 6.07) is 9.15. The summed E-state index contributed by atoms with van der Waals surface area (Å²) < 4.78 is 42.0. The summed E-state index contributed by atoms with van der Waals surface area (Å²) in [5.74, 6) is -0.332. The van der Waals surface area contributed by atoms with Crippen LogP contribution in [0.2, 0.25) is 5.02 Å². The Morgan fingerprint density at radius 1 is 1.27 bits per heavy atom. The number of fused-ring (bicyclic) bond motifs is 1. The third-order valence-electron chi connectivity index (χ3n) is 6.48. The third-order valence-corrected chi connectivity index (χ3v) is 7.79. The topological polar surface area (TPSA) is 82.8 Å². The number of hydrogen-bond donors (Lipinski definition) is 2. The zero-order valence-corrected chi connectivity index (χ0v) is 21.2. The molecule has 0 radical (unpaired) electrons. The van der Waals surface area contributed by atoms with Crippen LogP contribution in [0.4, 0.5) is 13.2 Å². The summed E-state index contributed by atoms with van der Waals surface area (Å²) in [5, 5.41) is 18.3. The summed E-state index contributed by atoms with van der Waals surface area (Å²) >= 11 is 7.07. The molecule has 3 heterocycles. The van der Waals surface area contributed by atoms with Crippen LogP contribution in [0, 0.1) is 0 Å². The Hall–Kier alpha value is -2.86. The second-order valence-electron chi connectivity index (χ2n) is 8.98. The van der Waals surface area contributed by atoms with Gasteiger partial charge in [0, 0.05) is 23.5 Å². The summed E-state index contributed by atoms with van der Waals surface area (Å²) in [4.78, 5) is 19.1. The van der Waals surface area contributed by atoms with E-state index in [1.54, 1.807) is 24.4 Å². The fourth-order valence-electron chi connectivity index (χ4n) is 4.51. The molecule has 0 aliphatic carbocycles. The fourth-order valence-corrected chi connectivity index (χ4v) is 5.61. The molecule has 3 aromatic rings. The number of aliphatic hydroxyl groups excluding tert-OH is 1. The van der Waals surface area contributed by atoms with Gasteiger partial charge in [-0.25, -0.2) is 0 Å². The van der Waals surface area contributed by atoms with Crippen LogP contribution in [0.5, 0.6) is 0 Å². The van der Waals surface area contributed by atoms with Gasteiger partial charge in [-0.3, -0.25) is 14.8 Å². The maximum absolute atomic E-state index is 13.5. The van der Waals surface area contributed by atoms with Crippen LogP contribution in [0.1, 0.15) is 29.5 Å². The molecule has 2 aliphatic rings. The lowest BCUT2D eigenvalue weighted by molar-refractivity contribution is -0.138. The second-order valence-corrected chi connectivity index (χ2v) is 10.4. The van der Waals surface area contributed by atoms with Crippen LogP contribution in [-0.2, 0) is 17.5 Å². The fraction of sp³-hybridized carbons (Fsp3) is 0.320. The van der Waals surface area contributed by atoms with E-state index in [1.807, 2.05) is 18.0 Å². The van der Waals surface area contributed by atoms with Gasteiger partial charge in [0.25, 0.3) is 5.91 Å². The number of benzene rings is 2. The largest absolute Gasteiger partial charge is 0.416 e. The molecule has 5 rings (SSSR count). The first-order valence-electron chi connectivity index (χ1n) is 11.6. The maximum Gasteiger partial charge on any atom is 0.416 e. The summed E-state index contributed by atoms with van der Waals surface area (Å²) in [5.41, 5.74) is 0.695. The van der Waals surface area contributed by atoms with Gasteiger partial charge >= 0.3 is 6.18 Å². The molecule has 12 heteroatoms. The molecule has 37 heavy (non-hydrogen) atoms. The molecule has 0 spiro atoms. The minimum absolute atomic E-state index is 0.00348. The zero-order chi connectivity index (χ0) is 26.3.